The minimum Gasteiger partial charge on any atom is -0.340 e. The van der Waals surface area contributed by atoms with Gasteiger partial charge in [0.25, 0.3) is 5.91 Å². The van der Waals surface area contributed by atoms with Crippen LogP contribution >= 0.6 is 23.2 Å². The second-order valence-electron chi connectivity index (χ2n) is 5.62. The smallest absolute Gasteiger partial charge is 0.257 e. The maximum absolute atomic E-state index is 12.6. The van der Waals surface area contributed by atoms with Crippen LogP contribution in [-0.4, -0.2) is 17.4 Å². The third-order valence-electron chi connectivity index (χ3n) is 3.80. The number of hydrogen-bond acceptors (Lipinski definition) is 3. The maximum Gasteiger partial charge on any atom is 0.257 e. The van der Waals surface area contributed by atoms with E-state index in [1.165, 1.54) is 6.20 Å². The van der Waals surface area contributed by atoms with Crippen molar-refractivity contribution in [1.29, 1.82) is 0 Å². The first-order chi connectivity index (χ1) is 12.6. The lowest BCUT2D eigenvalue weighted by molar-refractivity contribution is 0.102. The van der Waals surface area contributed by atoms with Gasteiger partial charge in [-0.1, -0.05) is 41.4 Å². The van der Waals surface area contributed by atoms with E-state index in [4.69, 9.17) is 23.2 Å². The van der Waals surface area contributed by atoms with Crippen LogP contribution in [0.25, 0.3) is 0 Å². The molecule has 0 unspecified atom stereocenters. The predicted octanol–water partition coefficient (Wildman–Crippen LogP) is 5.80. The van der Waals surface area contributed by atoms with Crippen molar-refractivity contribution in [3.8, 4) is 0 Å². The quantitative estimate of drug-likeness (QED) is 0.603. The van der Waals surface area contributed by atoms with Gasteiger partial charge in [-0.05, 0) is 43.3 Å². The van der Waals surface area contributed by atoms with E-state index in [9.17, 15) is 4.79 Å². The van der Waals surface area contributed by atoms with E-state index in [0.29, 0.717) is 21.3 Å². The largest absolute Gasteiger partial charge is 0.340 e. The van der Waals surface area contributed by atoms with Crippen LogP contribution in [0, 0.1) is 0 Å². The SMILES string of the molecule is CCN(c1ccccc1)c1cncc(C(=O)Nc2cc(Cl)cc(Cl)c2)c1. The summed E-state index contributed by atoms with van der Waals surface area (Å²) in [5.74, 6) is -0.276. The Hall–Kier alpha value is -2.56. The normalized spacial score (nSPS) is 10.4. The van der Waals surface area contributed by atoms with E-state index in [-0.39, 0.29) is 5.91 Å². The highest BCUT2D eigenvalue weighted by Crippen LogP contribution is 2.26. The average Bonchev–Trinajstić information content (AvgIpc) is 2.63. The number of carbonyl (C=O) groups excluding carboxylic acids is 1. The zero-order chi connectivity index (χ0) is 18.5. The molecule has 0 aliphatic carbocycles. The topological polar surface area (TPSA) is 45.2 Å². The highest BCUT2D eigenvalue weighted by molar-refractivity contribution is 6.35. The summed E-state index contributed by atoms with van der Waals surface area (Å²) < 4.78 is 0. The molecule has 3 rings (SSSR count). The van der Waals surface area contributed by atoms with Gasteiger partial charge in [0.2, 0.25) is 0 Å². The molecule has 26 heavy (non-hydrogen) atoms. The summed E-state index contributed by atoms with van der Waals surface area (Å²) in [7, 11) is 0. The molecule has 3 aromatic rings. The number of para-hydroxylation sites is 1. The van der Waals surface area contributed by atoms with Gasteiger partial charge < -0.3 is 10.2 Å². The number of hydrogen-bond donors (Lipinski definition) is 1. The molecule has 0 atom stereocenters. The molecule has 6 heteroatoms. The highest BCUT2D eigenvalue weighted by Gasteiger charge is 2.12. The van der Waals surface area contributed by atoms with Crippen molar-refractivity contribution in [3.63, 3.8) is 0 Å². The number of rotatable bonds is 5. The molecule has 1 aromatic heterocycles. The fraction of sp³-hybridized carbons (Fsp3) is 0.100. The van der Waals surface area contributed by atoms with Crippen molar-refractivity contribution in [2.24, 2.45) is 0 Å². The zero-order valence-corrected chi connectivity index (χ0v) is 15.6. The highest BCUT2D eigenvalue weighted by atomic mass is 35.5. The van der Waals surface area contributed by atoms with Gasteiger partial charge in [0.1, 0.15) is 0 Å². The number of pyridine rings is 1. The fourth-order valence-electron chi connectivity index (χ4n) is 2.65. The molecule has 0 spiro atoms. The van der Waals surface area contributed by atoms with Crippen molar-refractivity contribution >= 4 is 46.2 Å². The number of aromatic nitrogens is 1. The number of carbonyl (C=O) groups is 1. The van der Waals surface area contributed by atoms with Crippen molar-refractivity contribution in [3.05, 3.63) is 82.6 Å². The van der Waals surface area contributed by atoms with Crippen molar-refractivity contribution in [1.82, 2.24) is 4.98 Å². The lowest BCUT2D eigenvalue weighted by atomic mass is 10.2. The zero-order valence-electron chi connectivity index (χ0n) is 14.1. The fourth-order valence-corrected chi connectivity index (χ4v) is 3.18. The van der Waals surface area contributed by atoms with Crippen LogP contribution in [0.1, 0.15) is 17.3 Å². The Morgan fingerprint density at radius 2 is 1.69 bits per heavy atom. The van der Waals surface area contributed by atoms with Crippen LogP contribution in [0.4, 0.5) is 17.1 Å². The molecule has 2 aromatic carbocycles. The first-order valence-electron chi connectivity index (χ1n) is 8.12. The van der Waals surface area contributed by atoms with E-state index in [0.717, 1.165) is 17.9 Å². The Morgan fingerprint density at radius 3 is 2.35 bits per heavy atom. The minimum atomic E-state index is -0.276. The summed E-state index contributed by atoms with van der Waals surface area (Å²) in [5.41, 5.74) is 2.87. The van der Waals surface area contributed by atoms with Crippen LogP contribution in [0.2, 0.25) is 10.0 Å². The lowest BCUT2D eigenvalue weighted by Crippen LogP contribution is -2.18. The molecule has 0 saturated heterocycles. The Bertz CT molecular complexity index is 896. The summed E-state index contributed by atoms with van der Waals surface area (Å²) in [6.07, 6.45) is 3.27. The minimum absolute atomic E-state index is 0.276. The Balaban J connectivity index is 1.85. The molecular weight excluding hydrogens is 369 g/mol. The number of nitrogens with one attached hydrogen (secondary N) is 1. The third-order valence-corrected chi connectivity index (χ3v) is 4.24. The molecule has 132 valence electrons. The van der Waals surface area contributed by atoms with Crippen LogP contribution in [-0.2, 0) is 0 Å². The second-order valence-corrected chi connectivity index (χ2v) is 6.50. The summed E-state index contributed by atoms with van der Waals surface area (Å²) in [6.45, 7) is 2.80. The third kappa shape index (κ3) is 4.34. The number of amides is 1. The van der Waals surface area contributed by atoms with Crippen molar-refractivity contribution in [2.75, 3.05) is 16.8 Å². The maximum atomic E-state index is 12.6. The van der Waals surface area contributed by atoms with Crippen LogP contribution < -0.4 is 10.2 Å². The average molecular weight is 386 g/mol. The first kappa shape index (κ1) is 18.2. The van der Waals surface area contributed by atoms with Crippen LogP contribution in [0.15, 0.2) is 67.0 Å². The summed E-state index contributed by atoms with van der Waals surface area (Å²) >= 11 is 12.0. The Kier molecular flexibility index (Phi) is 5.76. The summed E-state index contributed by atoms with van der Waals surface area (Å²) in [5, 5.41) is 3.72. The molecule has 1 amide bonds. The van der Waals surface area contributed by atoms with Gasteiger partial charge in [0.05, 0.1) is 17.4 Å². The molecule has 1 N–H and O–H groups in total. The van der Waals surface area contributed by atoms with E-state index < -0.39 is 0 Å². The molecule has 1 heterocycles. The van der Waals surface area contributed by atoms with Gasteiger partial charge in [-0.3, -0.25) is 9.78 Å². The molecule has 0 saturated carbocycles. The predicted molar refractivity (Wildman–Crippen MR) is 108 cm³/mol. The molecule has 0 bridgehead atoms. The lowest BCUT2D eigenvalue weighted by Gasteiger charge is -2.23. The van der Waals surface area contributed by atoms with E-state index in [1.54, 1.807) is 24.4 Å². The van der Waals surface area contributed by atoms with Crippen molar-refractivity contribution < 1.29 is 4.79 Å². The van der Waals surface area contributed by atoms with Gasteiger partial charge in [-0.25, -0.2) is 0 Å². The van der Waals surface area contributed by atoms with Gasteiger partial charge in [0, 0.05) is 34.2 Å². The Morgan fingerprint density at radius 1 is 1.00 bits per heavy atom. The van der Waals surface area contributed by atoms with E-state index in [1.807, 2.05) is 43.3 Å². The van der Waals surface area contributed by atoms with Crippen molar-refractivity contribution in [2.45, 2.75) is 6.92 Å². The number of halogens is 2. The molecule has 0 fully saturated rings. The number of nitrogens with zero attached hydrogens (tertiary/aromatic N) is 2. The molecule has 0 radical (unpaired) electrons. The molecular formula is C20H17Cl2N3O. The van der Waals surface area contributed by atoms with Gasteiger partial charge in [-0.15, -0.1) is 0 Å². The molecule has 0 aliphatic heterocycles. The Labute approximate surface area is 162 Å². The van der Waals surface area contributed by atoms with Crippen LogP contribution in [0.3, 0.4) is 0 Å². The van der Waals surface area contributed by atoms with Gasteiger partial charge >= 0.3 is 0 Å². The van der Waals surface area contributed by atoms with Crippen LogP contribution in [0.5, 0.6) is 0 Å². The molecule has 4 nitrogen and oxygen atoms in total. The number of benzene rings is 2. The van der Waals surface area contributed by atoms with E-state index >= 15 is 0 Å². The molecule has 0 aliphatic rings. The summed E-state index contributed by atoms with van der Waals surface area (Å²) in [6, 6.07) is 16.7. The second kappa shape index (κ2) is 8.21. The monoisotopic (exact) mass is 385 g/mol. The standard InChI is InChI=1S/C20H17Cl2N3O/c1-2-25(18-6-4-3-5-7-18)19-8-14(12-23-13-19)20(26)24-17-10-15(21)9-16(22)11-17/h3-13H,2H2,1H3,(H,24,26). The van der Waals surface area contributed by atoms with Gasteiger partial charge in [-0.2, -0.15) is 0 Å². The summed E-state index contributed by atoms with van der Waals surface area (Å²) in [4.78, 5) is 18.9. The van der Waals surface area contributed by atoms with Gasteiger partial charge in [0.15, 0.2) is 0 Å². The number of anilines is 3. The first-order valence-corrected chi connectivity index (χ1v) is 8.87. The van der Waals surface area contributed by atoms with E-state index in [2.05, 4.69) is 15.2 Å².